The van der Waals surface area contributed by atoms with Crippen LogP contribution in [0.4, 0.5) is 0 Å². The van der Waals surface area contributed by atoms with Crippen molar-refractivity contribution >= 4 is 0 Å². The van der Waals surface area contributed by atoms with E-state index < -0.39 is 0 Å². The molecule has 2 fully saturated rings. The zero-order chi connectivity index (χ0) is 9.85. The van der Waals surface area contributed by atoms with Gasteiger partial charge in [0.15, 0.2) is 0 Å². The van der Waals surface area contributed by atoms with Gasteiger partial charge in [-0.15, -0.1) is 0 Å². The molecule has 1 N–H and O–H groups in total. The van der Waals surface area contributed by atoms with E-state index in [-0.39, 0.29) is 6.10 Å². The summed E-state index contributed by atoms with van der Waals surface area (Å²) in [6.45, 7) is 9.14. The molecule has 2 aliphatic rings. The number of hydrogen-bond acceptors (Lipinski definition) is 1. The van der Waals surface area contributed by atoms with Crippen LogP contribution in [-0.2, 0) is 0 Å². The van der Waals surface area contributed by atoms with Crippen LogP contribution in [0.25, 0.3) is 0 Å². The molecule has 2 aliphatic carbocycles. The van der Waals surface area contributed by atoms with Crippen molar-refractivity contribution in [3.05, 3.63) is 0 Å². The van der Waals surface area contributed by atoms with Crippen molar-refractivity contribution in [3.8, 4) is 0 Å². The molecule has 0 spiro atoms. The van der Waals surface area contributed by atoms with Crippen molar-refractivity contribution in [2.45, 2.75) is 53.1 Å². The van der Waals surface area contributed by atoms with Gasteiger partial charge >= 0.3 is 0 Å². The minimum atomic E-state index is -0.116. The van der Waals surface area contributed by atoms with Gasteiger partial charge in [-0.1, -0.05) is 20.8 Å². The van der Waals surface area contributed by atoms with Crippen molar-refractivity contribution in [2.24, 2.45) is 22.7 Å². The normalized spacial score (nSPS) is 49.6. The Morgan fingerprint density at radius 2 is 1.92 bits per heavy atom. The largest absolute Gasteiger partial charge is 0.393 e. The van der Waals surface area contributed by atoms with E-state index in [0.29, 0.717) is 16.7 Å². The molecule has 0 amide bonds. The second kappa shape index (κ2) is 2.50. The third-order valence-electron chi connectivity index (χ3n) is 5.44. The van der Waals surface area contributed by atoms with Gasteiger partial charge in [-0.3, -0.25) is 0 Å². The molecule has 0 aromatic rings. The lowest BCUT2D eigenvalue weighted by Crippen LogP contribution is -2.37. The summed E-state index contributed by atoms with van der Waals surface area (Å²) < 4.78 is 0. The Morgan fingerprint density at radius 3 is 2.15 bits per heavy atom. The standard InChI is InChI=1S/C12H22O/c1-8(13)10-7-9-5-6-12(10,4)11(9,2)3/h8-10,13H,5-7H2,1-4H3/t8?,9-,10?,12-/m1/s1. The highest BCUT2D eigenvalue weighted by Gasteiger charge is 2.61. The Labute approximate surface area is 81.5 Å². The van der Waals surface area contributed by atoms with Gasteiger partial charge in [0.1, 0.15) is 0 Å². The van der Waals surface area contributed by atoms with Crippen molar-refractivity contribution in [3.63, 3.8) is 0 Å². The van der Waals surface area contributed by atoms with Gasteiger partial charge in [0.25, 0.3) is 0 Å². The molecule has 2 rings (SSSR count). The first-order valence-corrected chi connectivity index (χ1v) is 5.57. The fraction of sp³-hybridized carbons (Fsp3) is 1.00. The van der Waals surface area contributed by atoms with Gasteiger partial charge < -0.3 is 5.11 Å². The van der Waals surface area contributed by atoms with Gasteiger partial charge in [-0.05, 0) is 48.9 Å². The zero-order valence-corrected chi connectivity index (χ0v) is 9.30. The summed E-state index contributed by atoms with van der Waals surface area (Å²) >= 11 is 0. The molecule has 76 valence electrons. The summed E-state index contributed by atoms with van der Waals surface area (Å²) in [4.78, 5) is 0. The van der Waals surface area contributed by atoms with Crippen LogP contribution in [0.5, 0.6) is 0 Å². The lowest BCUT2D eigenvalue weighted by atomic mass is 9.65. The smallest absolute Gasteiger partial charge is 0.0545 e. The molecule has 0 saturated heterocycles. The third kappa shape index (κ3) is 0.971. The Bertz CT molecular complexity index is 219. The van der Waals surface area contributed by atoms with Gasteiger partial charge in [0.2, 0.25) is 0 Å². The lowest BCUT2D eigenvalue weighted by molar-refractivity contribution is 0.0150. The number of aliphatic hydroxyl groups is 1. The van der Waals surface area contributed by atoms with E-state index in [0.717, 1.165) is 5.92 Å². The molecule has 13 heavy (non-hydrogen) atoms. The second-order valence-electron chi connectivity index (χ2n) is 5.96. The molecule has 2 unspecified atom stereocenters. The van der Waals surface area contributed by atoms with Crippen molar-refractivity contribution < 1.29 is 5.11 Å². The molecular weight excluding hydrogens is 160 g/mol. The predicted octanol–water partition coefficient (Wildman–Crippen LogP) is 2.83. The molecule has 2 bridgehead atoms. The summed E-state index contributed by atoms with van der Waals surface area (Å²) in [5.41, 5.74) is 0.848. The third-order valence-corrected chi connectivity index (χ3v) is 5.44. The molecule has 0 heterocycles. The zero-order valence-electron chi connectivity index (χ0n) is 9.30. The summed E-state index contributed by atoms with van der Waals surface area (Å²) in [7, 11) is 0. The molecule has 1 heteroatoms. The minimum Gasteiger partial charge on any atom is -0.393 e. The number of rotatable bonds is 1. The summed E-state index contributed by atoms with van der Waals surface area (Å²) in [5.74, 6) is 1.40. The molecule has 0 radical (unpaired) electrons. The maximum atomic E-state index is 9.77. The number of fused-ring (bicyclic) bond motifs is 2. The molecule has 0 aliphatic heterocycles. The fourth-order valence-electron chi connectivity index (χ4n) is 4.00. The number of hydrogen-bond donors (Lipinski definition) is 1. The van der Waals surface area contributed by atoms with Crippen LogP contribution in [0.15, 0.2) is 0 Å². The van der Waals surface area contributed by atoms with Gasteiger partial charge in [0.05, 0.1) is 6.10 Å². The minimum absolute atomic E-state index is 0.116. The molecule has 2 saturated carbocycles. The van der Waals surface area contributed by atoms with Crippen molar-refractivity contribution in [1.82, 2.24) is 0 Å². The van der Waals surface area contributed by atoms with Crippen LogP contribution < -0.4 is 0 Å². The summed E-state index contributed by atoms with van der Waals surface area (Å²) in [5, 5.41) is 9.77. The monoisotopic (exact) mass is 182 g/mol. The predicted molar refractivity (Wildman–Crippen MR) is 54.4 cm³/mol. The van der Waals surface area contributed by atoms with E-state index in [2.05, 4.69) is 20.8 Å². The lowest BCUT2D eigenvalue weighted by Gasteiger charge is -2.40. The maximum absolute atomic E-state index is 9.77. The van der Waals surface area contributed by atoms with Crippen molar-refractivity contribution in [2.75, 3.05) is 0 Å². The first kappa shape index (κ1) is 9.51. The van der Waals surface area contributed by atoms with E-state index >= 15 is 0 Å². The Kier molecular flexibility index (Phi) is 1.83. The van der Waals surface area contributed by atoms with Gasteiger partial charge in [-0.2, -0.15) is 0 Å². The SMILES string of the molecule is CC(O)C1C[C@H]2CC[C@@]1(C)C2(C)C. The van der Waals surface area contributed by atoms with Crippen LogP contribution >= 0.6 is 0 Å². The molecule has 1 nitrogen and oxygen atoms in total. The van der Waals surface area contributed by atoms with E-state index in [4.69, 9.17) is 0 Å². The average Bonchev–Trinajstić information content (AvgIpc) is 2.34. The van der Waals surface area contributed by atoms with Crippen LogP contribution in [-0.4, -0.2) is 11.2 Å². The Morgan fingerprint density at radius 1 is 1.31 bits per heavy atom. The van der Waals surface area contributed by atoms with Crippen LogP contribution in [0, 0.1) is 22.7 Å². The van der Waals surface area contributed by atoms with Crippen LogP contribution in [0.1, 0.15) is 47.0 Å². The number of aliphatic hydroxyl groups excluding tert-OH is 1. The molecule has 0 aromatic carbocycles. The molecule has 0 aromatic heterocycles. The highest BCUT2D eigenvalue weighted by Crippen LogP contribution is 2.68. The first-order valence-electron chi connectivity index (χ1n) is 5.57. The highest BCUT2D eigenvalue weighted by atomic mass is 16.3. The maximum Gasteiger partial charge on any atom is 0.0545 e. The second-order valence-corrected chi connectivity index (χ2v) is 5.96. The van der Waals surface area contributed by atoms with E-state index in [1.165, 1.54) is 19.3 Å². The topological polar surface area (TPSA) is 20.2 Å². The van der Waals surface area contributed by atoms with Crippen molar-refractivity contribution in [1.29, 1.82) is 0 Å². The van der Waals surface area contributed by atoms with Gasteiger partial charge in [0, 0.05) is 0 Å². The Hall–Kier alpha value is -0.0400. The fourth-order valence-corrected chi connectivity index (χ4v) is 4.00. The van der Waals surface area contributed by atoms with E-state index in [1.807, 2.05) is 6.92 Å². The molecular formula is C12H22O. The highest BCUT2D eigenvalue weighted by molar-refractivity contribution is 5.10. The Balaban J connectivity index is 2.33. The first-order chi connectivity index (χ1) is 5.89. The quantitative estimate of drug-likeness (QED) is 0.661. The van der Waals surface area contributed by atoms with E-state index in [9.17, 15) is 5.11 Å². The van der Waals surface area contributed by atoms with Crippen LogP contribution in [0.2, 0.25) is 0 Å². The van der Waals surface area contributed by atoms with E-state index in [1.54, 1.807) is 0 Å². The average molecular weight is 182 g/mol. The summed E-state index contributed by atoms with van der Waals surface area (Å²) in [6, 6.07) is 0. The summed E-state index contributed by atoms with van der Waals surface area (Å²) in [6.07, 6.45) is 3.84. The van der Waals surface area contributed by atoms with Gasteiger partial charge in [-0.25, -0.2) is 0 Å². The molecule has 4 atom stereocenters. The van der Waals surface area contributed by atoms with Crippen LogP contribution in [0.3, 0.4) is 0 Å².